The second-order valence-electron chi connectivity index (χ2n) is 3.41. The topological polar surface area (TPSA) is 89.4 Å². The molecule has 1 aromatic carbocycles. The molecule has 1 aromatic rings. The number of nitrogens with zero attached hydrogens (tertiary/aromatic N) is 1. The number of hydrogen-bond donors (Lipinski definition) is 2. The predicted molar refractivity (Wildman–Crippen MR) is 56.5 cm³/mol. The lowest BCUT2D eigenvalue weighted by atomic mass is 10.0. The van der Waals surface area contributed by atoms with Crippen molar-refractivity contribution in [1.82, 2.24) is 0 Å². The average molecular weight is 210 g/mol. The minimum atomic E-state index is -0.865. The molecule has 0 spiro atoms. The maximum absolute atomic E-state index is 10.7. The quantitative estimate of drug-likeness (QED) is 0.578. The fourth-order valence-corrected chi connectivity index (χ4v) is 1.42. The number of nitro benzene ring substituents is 1. The van der Waals surface area contributed by atoms with Crippen LogP contribution < -0.4 is 5.73 Å². The van der Waals surface area contributed by atoms with Crippen molar-refractivity contribution < 1.29 is 10.0 Å². The molecule has 0 amide bonds. The summed E-state index contributed by atoms with van der Waals surface area (Å²) in [4.78, 5) is 10.2. The van der Waals surface area contributed by atoms with Crippen molar-refractivity contribution in [2.24, 2.45) is 5.73 Å². The predicted octanol–water partition coefficient (Wildman–Crippen LogP) is 1.29. The Morgan fingerprint density at radius 1 is 1.60 bits per heavy atom. The van der Waals surface area contributed by atoms with Crippen molar-refractivity contribution in [2.75, 3.05) is 6.54 Å². The van der Waals surface area contributed by atoms with E-state index in [1.54, 1.807) is 12.1 Å². The van der Waals surface area contributed by atoms with Crippen LogP contribution in [0.1, 0.15) is 23.7 Å². The van der Waals surface area contributed by atoms with E-state index in [1.165, 1.54) is 6.07 Å². The van der Waals surface area contributed by atoms with Gasteiger partial charge in [0.1, 0.15) is 0 Å². The molecule has 5 heteroatoms. The Bertz CT molecular complexity index is 366. The first-order valence-corrected chi connectivity index (χ1v) is 4.69. The second-order valence-corrected chi connectivity index (χ2v) is 3.41. The molecular formula is C10H14N2O3. The third-order valence-electron chi connectivity index (χ3n) is 2.18. The van der Waals surface area contributed by atoms with Gasteiger partial charge in [-0.25, -0.2) is 0 Å². The summed E-state index contributed by atoms with van der Waals surface area (Å²) >= 11 is 0. The van der Waals surface area contributed by atoms with Crippen LogP contribution in [0.15, 0.2) is 18.2 Å². The normalized spacial score (nSPS) is 12.5. The van der Waals surface area contributed by atoms with Crippen molar-refractivity contribution in [2.45, 2.75) is 19.4 Å². The van der Waals surface area contributed by atoms with Crippen LogP contribution in [0.2, 0.25) is 0 Å². The third kappa shape index (κ3) is 2.74. The molecule has 15 heavy (non-hydrogen) atoms. The van der Waals surface area contributed by atoms with Gasteiger partial charge in [0.2, 0.25) is 0 Å². The van der Waals surface area contributed by atoms with Crippen LogP contribution in [0.5, 0.6) is 0 Å². The van der Waals surface area contributed by atoms with Gasteiger partial charge in [0.25, 0.3) is 5.69 Å². The fourth-order valence-electron chi connectivity index (χ4n) is 1.42. The summed E-state index contributed by atoms with van der Waals surface area (Å²) in [5.74, 6) is 0. The standard InChI is InChI=1S/C10H14N2O3/c1-7-2-3-9(12(14)15)8(6-7)10(13)4-5-11/h2-3,6,10,13H,4-5,11H2,1H3. The minimum Gasteiger partial charge on any atom is -0.388 e. The molecule has 0 aromatic heterocycles. The third-order valence-corrected chi connectivity index (χ3v) is 2.18. The Labute approximate surface area is 87.7 Å². The van der Waals surface area contributed by atoms with E-state index in [0.29, 0.717) is 18.5 Å². The first kappa shape index (κ1) is 11.6. The van der Waals surface area contributed by atoms with Gasteiger partial charge in [-0.1, -0.05) is 11.6 Å². The average Bonchev–Trinajstić information content (AvgIpc) is 2.17. The van der Waals surface area contributed by atoms with Gasteiger partial charge < -0.3 is 10.8 Å². The minimum absolute atomic E-state index is 0.0541. The summed E-state index contributed by atoms with van der Waals surface area (Å²) in [5, 5.41) is 20.4. The number of benzene rings is 1. The molecule has 0 aliphatic heterocycles. The van der Waals surface area contributed by atoms with Crippen molar-refractivity contribution in [3.63, 3.8) is 0 Å². The van der Waals surface area contributed by atoms with Crippen LogP contribution in [0.4, 0.5) is 5.69 Å². The van der Waals surface area contributed by atoms with E-state index in [2.05, 4.69) is 0 Å². The van der Waals surface area contributed by atoms with E-state index in [1.807, 2.05) is 6.92 Å². The highest BCUT2D eigenvalue weighted by molar-refractivity contribution is 5.43. The zero-order valence-electron chi connectivity index (χ0n) is 8.51. The van der Waals surface area contributed by atoms with Crippen molar-refractivity contribution in [3.8, 4) is 0 Å². The summed E-state index contributed by atoms with van der Waals surface area (Å²) in [6, 6.07) is 4.68. The number of nitro groups is 1. The fraction of sp³-hybridized carbons (Fsp3) is 0.400. The van der Waals surface area contributed by atoms with E-state index >= 15 is 0 Å². The van der Waals surface area contributed by atoms with Crippen LogP contribution >= 0.6 is 0 Å². The van der Waals surface area contributed by atoms with Crippen molar-refractivity contribution >= 4 is 5.69 Å². The van der Waals surface area contributed by atoms with Gasteiger partial charge >= 0.3 is 0 Å². The molecule has 0 heterocycles. The van der Waals surface area contributed by atoms with Crippen LogP contribution in [0, 0.1) is 17.0 Å². The number of nitrogens with two attached hydrogens (primary N) is 1. The highest BCUT2D eigenvalue weighted by Crippen LogP contribution is 2.27. The molecule has 0 saturated heterocycles. The van der Waals surface area contributed by atoms with Gasteiger partial charge in [0.15, 0.2) is 0 Å². The summed E-state index contributed by atoms with van der Waals surface area (Å²) in [6.07, 6.45) is -0.542. The highest BCUT2D eigenvalue weighted by atomic mass is 16.6. The van der Waals surface area contributed by atoms with E-state index in [9.17, 15) is 15.2 Å². The van der Waals surface area contributed by atoms with Crippen molar-refractivity contribution in [3.05, 3.63) is 39.4 Å². The lowest BCUT2D eigenvalue weighted by Crippen LogP contribution is -2.08. The number of aliphatic hydroxyl groups excluding tert-OH is 1. The zero-order valence-corrected chi connectivity index (χ0v) is 8.51. The molecule has 0 fully saturated rings. The summed E-state index contributed by atoms with van der Waals surface area (Å²) in [6.45, 7) is 2.12. The Kier molecular flexibility index (Phi) is 3.76. The summed E-state index contributed by atoms with van der Waals surface area (Å²) < 4.78 is 0. The van der Waals surface area contributed by atoms with Crippen LogP contribution in [0.3, 0.4) is 0 Å². The Morgan fingerprint density at radius 3 is 2.80 bits per heavy atom. The SMILES string of the molecule is Cc1ccc([N+](=O)[O-])c(C(O)CCN)c1. The number of hydrogen-bond acceptors (Lipinski definition) is 4. The maximum atomic E-state index is 10.7. The molecule has 0 aliphatic carbocycles. The van der Waals surface area contributed by atoms with Gasteiger partial charge in [-0.2, -0.15) is 0 Å². The molecular weight excluding hydrogens is 196 g/mol. The van der Waals surface area contributed by atoms with Crippen LogP contribution in [-0.4, -0.2) is 16.6 Å². The van der Waals surface area contributed by atoms with Gasteiger partial charge in [-0.3, -0.25) is 10.1 Å². The van der Waals surface area contributed by atoms with Gasteiger partial charge in [0, 0.05) is 6.07 Å². The molecule has 5 nitrogen and oxygen atoms in total. The molecule has 3 N–H and O–H groups in total. The molecule has 0 saturated carbocycles. The van der Waals surface area contributed by atoms with E-state index in [-0.39, 0.29) is 5.69 Å². The molecule has 0 bridgehead atoms. The Balaban J connectivity index is 3.12. The monoisotopic (exact) mass is 210 g/mol. The number of rotatable bonds is 4. The van der Waals surface area contributed by atoms with E-state index < -0.39 is 11.0 Å². The van der Waals surface area contributed by atoms with E-state index in [0.717, 1.165) is 5.56 Å². The lowest BCUT2D eigenvalue weighted by molar-refractivity contribution is -0.386. The first-order chi connectivity index (χ1) is 7.06. The maximum Gasteiger partial charge on any atom is 0.275 e. The number of aliphatic hydroxyl groups is 1. The molecule has 82 valence electrons. The molecule has 0 aliphatic rings. The lowest BCUT2D eigenvalue weighted by Gasteiger charge is -2.10. The highest BCUT2D eigenvalue weighted by Gasteiger charge is 2.19. The summed E-state index contributed by atoms with van der Waals surface area (Å²) in [7, 11) is 0. The van der Waals surface area contributed by atoms with Gasteiger partial charge in [0.05, 0.1) is 16.6 Å². The van der Waals surface area contributed by atoms with E-state index in [4.69, 9.17) is 5.73 Å². The van der Waals surface area contributed by atoms with Gasteiger partial charge in [-0.05, 0) is 26.0 Å². The smallest absolute Gasteiger partial charge is 0.275 e. The van der Waals surface area contributed by atoms with Gasteiger partial charge in [-0.15, -0.1) is 0 Å². The second kappa shape index (κ2) is 4.86. The summed E-state index contributed by atoms with van der Waals surface area (Å²) in [5.41, 5.74) is 6.47. The van der Waals surface area contributed by atoms with Crippen molar-refractivity contribution in [1.29, 1.82) is 0 Å². The largest absolute Gasteiger partial charge is 0.388 e. The Hall–Kier alpha value is -1.46. The number of aryl methyl sites for hydroxylation is 1. The van der Waals surface area contributed by atoms with Crippen LogP contribution in [0.25, 0.3) is 0 Å². The Morgan fingerprint density at radius 2 is 2.27 bits per heavy atom. The molecule has 0 radical (unpaired) electrons. The first-order valence-electron chi connectivity index (χ1n) is 4.69. The molecule has 1 rings (SSSR count). The molecule has 1 unspecified atom stereocenters. The molecule has 1 atom stereocenters. The zero-order chi connectivity index (χ0) is 11.4. The van der Waals surface area contributed by atoms with Crippen LogP contribution in [-0.2, 0) is 0 Å².